The van der Waals surface area contributed by atoms with Crippen molar-refractivity contribution in [3.63, 3.8) is 0 Å². The molecule has 4 rings (SSSR count). The highest BCUT2D eigenvalue weighted by Gasteiger charge is 2.23. The van der Waals surface area contributed by atoms with E-state index >= 15 is 0 Å². The molecule has 3 heteroatoms. The number of hydrogen-bond donors (Lipinski definition) is 0. The first-order valence-electron chi connectivity index (χ1n) is 10.8. The van der Waals surface area contributed by atoms with E-state index in [1.54, 1.807) is 0 Å². The lowest BCUT2D eigenvalue weighted by Crippen LogP contribution is -2.17. The van der Waals surface area contributed by atoms with Gasteiger partial charge in [-0.25, -0.2) is 4.79 Å². The number of aliphatic imine (C=N–C) groups is 1. The highest BCUT2D eigenvalue weighted by molar-refractivity contribution is 6.13. The van der Waals surface area contributed by atoms with Crippen molar-refractivity contribution >= 4 is 11.7 Å². The van der Waals surface area contributed by atoms with Crippen LogP contribution < -0.4 is 0 Å². The van der Waals surface area contributed by atoms with E-state index in [-0.39, 0.29) is 5.97 Å². The second-order valence-electron chi connectivity index (χ2n) is 7.35. The summed E-state index contributed by atoms with van der Waals surface area (Å²) in [5.74, 6) is -0.357. The fourth-order valence-corrected chi connectivity index (χ4v) is 3.61. The average Bonchev–Trinajstić information content (AvgIpc) is 2.86. The first kappa shape index (κ1) is 21.3. The van der Waals surface area contributed by atoms with E-state index in [1.165, 1.54) is 0 Å². The van der Waals surface area contributed by atoms with Gasteiger partial charge in [-0.1, -0.05) is 115 Å². The van der Waals surface area contributed by atoms with Crippen molar-refractivity contribution in [3.05, 3.63) is 132 Å². The van der Waals surface area contributed by atoms with Crippen LogP contribution in [0.2, 0.25) is 0 Å². The van der Waals surface area contributed by atoms with Crippen molar-refractivity contribution in [3.8, 4) is 11.1 Å². The van der Waals surface area contributed by atoms with Crippen LogP contribution in [-0.2, 0) is 9.53 Å². The molecule has 4 aromatic rings. The Morgan fingerprint density at radius 1 is 0.688 bits per heavy atom. The van der Waals surface area contributed by atoms with Crippen molar-refractivity contribution in [1.29, 1.82) is 0 Å². The Balaban J connectivity index is 1.78. The Kier molecular flexibility index (Phi) is 6.88. The van der Waals surface area contributed by atoms with Gasteiger partial charge in [-0.3, -0.25) is 4.99 Å². The van der Waals surface area contributed by atoms with Crippen molar-refractivity contribution in [1.82, 2.24) is 0 Å². The van der Waals surface area contributed by atoms with Gasteiger partial charge in [0.15, 0.2) is 6.04 Å². The molecule has 0 saturated heterocycles. The number of nitrogens with zero attached hydrogens (tertiary/aromatic N) is 1. The second-order valence-corrected chi connectivity index (χ2v) is 7.35. The van der Waals surface area contributed by atoms with Crippen LogP contribution in [0.15, 0.2) is 120 Å². The molecular formula is C29H25NO2. The average molecular weight is 420 g/mol. The lowest BCUT2D eigenvalue weighted by molar-refractivity contribution is -0.144. The maximum absolute atomic E-state index is 13.0. The number of carbonyl (C=O) groups excluding carboxylic acids is 1. The van der Waals surface area contributed by atoms with Gasteiger partial charge in [0, 0.05) is 11.1 Å². The topological polar surface area (TPSA) is 38.7 Å². The molecule has 4 aromatic carbocycles. The van der Waals surface area contributed by atoms with Gasteiger partial charge in [0.05, 0.1) is 12.3 Å². The summed E-state index contributed by atoms with van der Waals surface area (Å²) in [5, 5.41) is 0. The predicted molar refractivity (Wildman–Crippen MR) is 130 cm³/mol. The Bertz CT molecular complexity index is 1130. The highest BCUT2D eigenvalue weighted by Crippen LogP contribution is 2.26. The first-order chi connectivity index (χ1) is 15.8. The van der Waals surface area contributed by atoms with Crippen LogP contribution in [0.1, 0.15) is 29.7 Å². The predicted octanol–water partition coefficient (Wildman–Crippen LogP) is 6.50. The van der Waals surface area contributed by atoms with E-state index in [9.17, 15) is 4.79 Å². The molecule has 32 heavy (non-hydrogen) atoms. The molecule has 0 radical (unpaired) electrons. The Morgan fingerprint density at radius 2 is 1.16 bits per heavy atom. The number of rotatable bonds is 7. The van der Waals surface area contributed by atoms with E-state index in [2.05, 4.69) is 12.1 Å². The number of ether oxygens (including phenoxy) is 1. The molecule has 0 aliphatic carbocycles. The highest BCUT2D eigenvalue weighted by atomic mass is 16.5. The van der Waals surface area contributed by atoms with Crippen LogP contribution in [0.3, 0.4) is 0 Å². The minimum absolute atomic E-state index is 0.305. The van der Waals surface area contributed by atoms with Crippen LogP contribution in [0, 0.1) is 0 Å². The molecular weight excluding hydrogens is 394 g/mol. The van der Waals surface area contributed by atoms with Gasteiger partial charge in [0.2, 0.25) is 0 Å². The summed E-state index contributed by atoms with van der Waals surface area (Å²) in [4.78, 5) is 17.9. The van der Waals surface area contributed by atoms with Crippen molar-refractivity contribution < 1.29 is 9.53 Å². The Morgan fingerprint density at radius 3 is 1.66 bits per heavy atom. The zero-order valence-electron chi connectivity index (χ0n) is 18.0. The van der Waals surface area contributed by atoms with E-state index in [0.717, 1.165) is 33.5 Å². The molecule has 0 spiro atoms. The molecule has 0 heterocycles. The van der Waals surface area contributed by atoms with E-state index in [0.29, 0.717) is 6.61 Å². The molecule has 0 fully saturated rings. The van der Waals surface area contributed by atoms with Gasteiger partial charge in [-0.15, -0.1) is 0 Å². The fraction of sp³-hybridized carbons (Fsp3) is 0.103. The number of hydrogen-bond acceptors (Lipinski definition) is 3. The molecule has 0 N–H and O–H groups in total. The number of esters is 1. The zero-order chi connectivity index (χ0) is 22.2. The van der Waals surface area contributed by atoms with Crippen molar-refractivity contribution in [2.75, 3.05) is 6.61 Å². The van der Waals surface area contributed by atoms with Crippen LogP contribution in [0.25, 0.3) is 11.1 Å². The third kappa shape index (κ3) is 5.01. The number of benzene rings is 4. The lowest BCUT2D eigenvalue weighted by atomic mass is 9.99. The normalized spacial score (nSPS) is 11.4. The molecule has 0 bridgehead atoms. The third-order valence-electron chi connectivity index (χ3n) is 5.20. The smallest absolute Gasteiger partial charge is 0.335 e. The molecule has 0 saturated carbocycles. The van der Waals surface area contributed by atoms with Gasteiger partial charge >= 0.3 is 5.97 Å². The maximum Gasteiger partial charge on any atom is 0.335 e. The summed E-state index contributed by atoms with van der Waals surface area (Å²) in [6.45, 7) is 2.12. The Hall–Kier alpha value is -3.98. The monoisotopic (exact) mass is 419 g/mol. The molecule has 158 valence electrons. The first-order valence-corrected chi connectivity index (χ1v) is 10.8. The molecule has 0 aliphatic heterocycles. The molecule has 0 aliphatic rings. The quantitative estimate of drug-likeness (QED) is 0.253. The lowest BCUT2D eigenvalue weighted by Gasteiger charge is -2.16. The fourth-order valence-electron chi connectivity index (χ4n) is 3.61. The summed E-state index contributed by atoms with van der Waals surface area (Å²) in [5.41, 5.74) is 5.68. The minimum atomic E-state index is -0.754. The van der Waals surface area contributed by atoms with Crippen molar-refractivity contribution in [2.24, 2.45) is 4.99 Å². The molecule has 1 atom stereocenters. The van der Waals surface area contributed by atoms with Crippen LogP contribution in [0.5, 0.6) is 0 Å². The summed E-state index contributed by atoms with van der Waals surface area (Å²) in [7, 11) is 0. The molecule has 0 aromatic heterocycles. The molecule has 3 nitrogen and oxygen atoms in total. The minimum Gasteiger partial charge on any atom is -0.464 e. The van der Waals surface area contributed by atoms with Crippen molar-refractivity contribution in [2.45, 2.75) is 13.0 Å². The zero-order valence-corrected chi connectivity index (χ0v) is 18.0. The molecule has 0 amide bonds. The maximum atomic E-state index is 13.0. The summed E-state index contributed by atoms with van der Waals surface area (Å²) in [6, 6.07) is 37.2. The summed E-state index contributed by atoms with van der Waals surface area (Å²) in [6.07, 6.45) is 0. The van der Waals surface area contributed by atoms with Crippen LogP contribution >= 0.6 is 0 Å². The third-order valence-corrected chi connectivity index (χ3v) is 5.20. The van der Waals surface area contributed by atoms with E-state index in [4.69, 9.17) is 9.73 Å². The van der Waals surface area contributed by atoms with Gasteiger partial charge in [0.25, 0.3) is 0 Å². The SMILES string of the molecule is CCOC(=O)C(N=C(c1ccccc1)c1ccccc1)c1ccc(-c2ccccc2)cc1. The van der Waals surface area contributed by atoms with E-state index < -0.39 is 6.04 Å². The van der Waals surface area contributed by atoms with Gasteiger partial charge in [-0.05, 0) is 23.6 Å². The number of carbonyl (C=O) groups is 1. The van der Waals surface area contributed by atoms with Gasteiger partial charge in [0.1, 0.15) is 0 Å². The van der Waals surface area contributed by atoms with Crippen LogP contribution in [0.4, 0.5) is 0 Å². The van der Waals surface area contributed by atoms with Crippen LogP contribution in [-0.4, -0.2) is 18.3 Å². The molecule has 1 unspecified atom stereocenters. The standard InChI is InChI=1S/C29H25NO2/c1-2-32-29(31)28(26-20-18-23(19-21-26)22-12-6-3-7-13-22)30-27(24-14-8-4-9-15-24)25-16-10-5-11-17-25/h3-21,28H,2H2,1H3. The largest absolute Gasteiger partial charge is 0.464 e. The van der Waals surface area contributed by atoms with Gasteiger partial charge < -0.3 is 4.74 Å². The summed E-state index contributed by atoms with van der Waals surface area (Å²) >= 11 is 0. The summed E-state index contributed by atoms with van der Waals surface area (Å²) < 4.78 is 5.40. The Labute approximate surface area is 189 Å². The van der Waals surface area contributed by atoms with Gasteiger partial charge in [-0.2, -0.15) is 0 Å². The second kappa shape index (κ2) is 10.4. The van der Waals surface area contributed by atoms with E-state index in [1.807, 2.05) is 110 Å².